The van der Waals surface area contributed by atoms with Crippen LogP contribution < -0.4 is 88.9 Å². The normalized spacial score (nSPS) is 16.1. The lowest BCUT2D eigenvalue weighted by molar-refractivity contribution is 0.345. The van der Waals surface area contributed by atoms with E-state index < -0.39 is 133 Å². The van der Waals surface area contributed by atoms with Gasteiger partial charge in [-0.05, 0) is 278 Å². The third-order valence-electron chi connectivity index (χ3n) is 27.6. The standard InChI is InChI=1S/C96H80Br8N8O16/c1-17-89(18-2)41-33-34-42-90(19-3,20-4)106-77(117)53-54(78(106)118)68(100)56-55(67(53)99)79(119)108(80(56)120)93(25-9,26-10)45-37-38-46-94(27-11,28-12)110-85(125)61-62(86(110)126)72(104)64-63(71(61)103)87(127)112(88(64)128)96(31-15,32-16)48-40-39-47-95(29-13,30-14)111-83(123)59-60(84(111)124)70(102)58-57(69(59)101)81(121)109(82(58)122)92(23-7,24-8)44-36-35-43-91(21-5,22-6)107-75(115)51-52(76(107)116)66(98)50-49(65(51)97)73(113)105(89)74(50)114/h17-32H2,1-16H3. The highest BCUT2D eigenvalue weighted by Gasteiger charge is 2.45. The van der Waals surface area contributed by atoms with Gasteiger partial charge >= 0.3 is 0 Å². The highest BCUT2D eigenvalue weighted by molar-refractivity contribution is 9.12. The van der Waals surface area contributed by atoms with Gasteiger partial charge in [0.25, 0.3) is 88.9 Å². The second kappa shape index (κ2) is 34.6. The summed E-state index contributed by atoms with van der Waals surface area (Å²) in [5.41, 5.74) is -26.8. The molecule has 0 N–H and O–H groups in total. The van der Waals surface area contributed by atoms with Gasteiger partial charge in [-0.25, -0.2) is 0 Å². The van der Waals surface area contributed by atoms with Crippen molar-refractivity contribution in [3.05, 3.63) is 201 Å². The monoisotopic (exact) mass is 2230 g/mol. The molecule has 7 aliphatic heterocycles. The van der Waals surface area contributed by atoms with Gasteiger partial charge in [-0.2, -0.15) is 0 Å². The summed E-state index contributed by atoms with van der Waals surface area (Å²) in [6, 6.07) is 0. The molecule has 7 aliphatic rings. The molecule has 12 aromatic rings. The molecule has 8 aromatic heterocycles. The van der Waals surface area contributed by atoms with Crippen LogP contribution in [0.4, 0.5) is 0 Å². The van der Waals surface area contributed by atoms with E-state index in [2.05, 4.69) is 222 Å². The van der Waals surface area contributed by atoms with Crippen LogP contribution in [0.3, 0.4) is 0 Å². The summed E-state index contributed by atoms with van der Waals surface area (Å²) < 4.78 is 6.46. The summed E-state index contributed by atoms with van der Waals surface area (Å²) in [6.45, 7) is 27.2. The summed E-state index contributed by atoms with van der Waals surface area (Å²) in [6.07, 6.45) is 0.511. The largest absolute Gasteiger partial charge is 0.268 e. The predicted molar refractivity (Wildman–Crippen MR) is 532 cm³/mol. The Morgan fingerprint density at radius 1 is 0.148 bits per heavy atom. The van der Waals surface area contributed by atoms with Crippen molar-refractivity contribution < 1.29 is 0 Å². The summed E-state index contributed by atoms with van der Waals surface area (Å²) in [4.78, 5) is 244. The fourth-order valence-electron chi connectivity index (χ4n) is 19.2. The first-order valence-corrected chi connectivity index (χ1v) is 48.5. The van der Waals surface area contributed by atoms with Crippen molar-refractivity contribution in [1.82, 2.24) is 36.5 Å². The number of nitrogens with zero attached hydrogens (tertiary/aromatic N) is 8. The fraction of sp³-hybridized carbons (Fsp3) is 0.417. The van der Waals surface area contributed by atoms with Crippen LogP contribution in [0.5, 0.6) is 0 Å². The zero-order chi connectivity index (χ0) is 94.3. The Labute approximate surface area is 796 Å². The number of halogens is 8. The van der Waals surface area contributed by atoms with Crippen molar-refractivity contribution >= 4 is 214 Å². The van der Waals surface area contributed by atoms with E-state index in [1.54, 1.807) is 111 Å². The van der Waals surface area contributed by atoms with Gasteiger partial charge in [0.2, 0.25) is 0 Å². The highest BCUT2D eigenvalue weighted by atomic mass is 79.9. The Kier molecular flexibility index (Phi) is 25.9. The van der Waals surface area contributed by atoms with Gasteiger partial charge < -0.3 is 0 Å². The van der Waals surface area contributed by atoms with E-state index in [4.69, 9.17) is 0 Å². The van der Waals surface area contributed by atoms with Crippen molar-refractivity contribution in [3.8, 4) is 94.7 Å². The van der Waals surface area contributed by atoms with Gasteiger partial charge in [-0.1, -0.05) is 158 Å². The minimum atomic E-state index is -1.61. The topological polar surface area (TPSA) is 313 Å². The molecule has 24 nitrogen and oxygen atoms in total. The molecule has 0 atom stereocenters. The average Bonchev–Trinajstić information content (AvgIpc) is 1.55. The van der Waals surface area contributed by atoms with Crippen LogP contribution in [0.2, 0.25) is 0 Å². The second-order valence-electron chi connectivity index (χ2n) is 32.0. The van der Waals surface area contributed by atoms with Crippen LogP contribution in [0.15, 0.2) is 112 Å². The molecule has 4 aromatic carbocycles. The van der Waals surface area contributed by atoms with Gasteiger partial charge in [0.05, 0.1) is 86.2 Å². The summed E-state index contributed by atoms with van der Waals surface area (Å²) in [5, 5.41) is -3.87. The van der Waals surface area contributed by atoms with Gasteiger partial charge in [0, 0.05) is 35.8 Å². The van der Waals surface area contributed by atoms with Crippen LogP contribution in [0.25, 0.3) is 86.2 Å². The molecular formula is C96H80Br8N8O16. The third kappa shape index (κ3) is 12.9. The molecule has 0 fully saturated rings. The van der Waals surface area contributed by atoms with Crippen molar-refractivity contribution in [1.29, 1.82) is 0 Å². The Bertz CT molecular complexity index is 6720. The Morgan fingerprint density at radius 3 is 0.266 bits per heavy atom. The van der Waals surface area contributed by atoms with Crippen LogP contribution >= 0.6 is 127 Å². The predicted octanol–water partition coefficient (Wildman–Crippen LogP) is 14.0. The first-order chi connectivity index (χ1) is 60.6. The number of hydrogen-bond acceptors (Lipinski definition) is 16. The van der Waals surface area contributed by atoms with E-state index in [9.17, 15) is 0 Å². The molecule has 15 heterocycles. The quantitative estimate of drug-likeness (QED) is 0.0811. The summed E-state index contributed by atoms with van der Waals surface area (Å²) >= 11 is 28.0. The number of aromatic nitrogens is 8. The van der Waals surface area contributed by atoms with E-state index in [0.717, 1.165) is 36.5 Å². The van der Waals surface area contributed by atoms with Gasteiger partial charge in [-0.15, -0.1) is 0 Å². The van der Waals surface area contributed by atoms with Crippen LogP contribution in [-0.2, 0) is 44.3 Å². The minimum absolute atomic E-state index is 0.0319. The summed E-state index contributed by atoms with van der Waals surface area (Å²) in [5.74, 6) is 47.2. The van der Waals surface area contributed by atoms with E-state index in [-0.39, 0.29) is 225 Å². The molecule has 0 aliphatic carbocycles. The molecule has 32 heteroatoms. The first-order valence-electron chi connectivity index (χ1n) is 42.1. The SMILES string of the molecule is CCC1(CC)C#CC#CC(CC)(CC)n2c(=O)c3c(Br)c4c(=O)n(c(=O)c4c(Br)c3c2=O)C(CC)(CC)C#CC#CC(CC)(CC)n2c(=O)c3c(Br)c4c(=O)n(c(=O)c4c(Br)c3c2=O)C(CC)(CC)C#CC#CC(CC)(CC)n2c(=O)c3c(Br)c4c(=O)n(c(=O)c4c(Br)c3c2=O)C(CC)(CC)C#CC#CC(CC)(CC)n2c(=O)c3c(Br)c4c(=O)n1c(=O)c4c(Br)c3c2=O. The maximum atomic E-state index is 15.2. The maximum Gasteiger partial charge on any atom is 0.264 e. The molecule has 128 heavy (non-hydrogen) atoms. The average molecular weight is 2240 g/mol. The maximum absolute atomic E-state index is 15.2. The second-order valence-corrected chi connectivity index (χ2v) is 38.3. The van der Waals surface area contributed by atoms with Gasteiger partial charge in [0.1, 0.15) is 44.3 Å². The summed E-state index contributed by atoms with van der Waals surface area (Å²) in [7, 11) is 0. The van der Waals surface area contributed by atoms with E-state index in [1.165, 1.54) is 0 Å². The van der Waals surface area contributed by atoms with Gasteiger partial charge in [-0.3, -0.25) is 113 Å². The number of hydrogen-bond donors (Lipinski definition) is 0. The van der Waals surface area contributed by atoms with Crippen LogP contribution in [0, 0.1) is 94.7 Å². The Balaban J connectivity index is 1.05. The van der Waals surface area contributed by atoms with Crippen LogP contribution in [0.1, 0.15) is 214 Å². The molecule has 656 valence electrons. The van der Waals surface area contributed by atoms with Crippen LogP contribution in [-0.4, -0.2) is 36.5 Å². The lowest BCUT2D eigenvalue weighted by atomic mass is 9.92. The molecule has 0 saturated carbocycles. The van der Waals surface area contributed by atoms with Crippen molar-refractivity contribution in [2.75, 3.05) is 0 Å². The van der Waals surface area contributed by atoms with Crippen molar-refractivity contribution in [2.45, 2.75) is 258 Å². The minimum Gasteiger partial charge on any atom is -0.268 e. The molecule has 0 amide bonds. The molecule has 24 bridgehead atoms. The molecule has 0 unspecified atom stereocenters. The number of rotatable bonds is 16. The fourth-order valence-corrected chi connectivity index (χ4v) is 25.1. The Morgan fingerprint density at radius 2 is 0.211 bits per heavy atom. The van der Waals surface area contributed by atoms with E-state index in [0.29, 0.717) is 0 Å². The lowest BCUT2D eigenvalue weighted by Gasteiger charge is -2.26. The number of benzene rings is 4. The molecule has 0 spiro atoms. The first kappa shape index (κ1) is 95.9. The Hall–Kier alpha value is -9.68. The smallest absolute Gasteiger partial charge is 0.264 e. The highest BCUT2D eigenvalue weighted by Crippen LogP contribution is 2.43. The van der Waals surface area contributed by atoms with Gasteiger partial charge in [0.15, 0.2) is 0 Å². The molecule has 0 radical (unpaired) electrons. The third-order valence-corrected chi connectivity index (χ3v) is 33.9. The van der Waals surface area contributed by atoms with E-state index in [1.807, 2.05) is 0 Å². The molecular weight excluding hydrogens is 2160 g/mol. The lowest BCUT2D eigenvalue weighted by Crippen LogP contribution is -2.44. The van der Waals surface area contributed by atoms with E-state index >= 15 is 76.7 Å². The van der Waals surface area contributed by atoms with Crippen molar-refractivity contribution in [3.63, 3.8) is 0 Å². The zero-order valence-electron chi connectivity index (χ0n) is 72.4. The van der Waals surface area contributed by atoms with Crippen molar-refractivity contribution in [2.24, 2.45) is 0 Å². The molecule has 19 rings (SSSR count). The zero-order valence-corrected chi connectivity index (χ0v) is 85.1. The molecule has 0 saturated heterocycles.